The third kappa shape index (κ3) is 4.51. The summed E-state index contributed by atoms with van der Waals surface area (Å²) in [7, 11) is 0. The maximum Gasteiger partial charge on any atom is 0.227 e. The molecule has 0 aliphatic heterocycles. The fourth-order valence-corrected chi connectivity index (χ4v) is 2.62. The van der Waals surface area contributed by atoms with E-state index in [4.69, 9.17) is 4.74 Å². The minimum Gasteiger partial charge on any atom is -0.492 e. The van der Waals surface area contributed by atoms with Crippen LogP contribution in [-0.4, -0.2) is 36.3 Å². The molecule has 0 amide bonds. The van der Waals surface area contributed by atoms with E-state index in [0.29, 0.717) is 30.4 Å². The topological polar surface area (TPSA) is 114 Å². The fraction of sp³-hybridized carbons (Fsp3) is 0.100. The Morgan fingerprint density at radius 3 is 2.72 bits per heavy atom. The van der Waals surface area contributed by atoms with Gasteiger partial charge in [0, 0.05) is 23.6 Å². The van der Waals surface area contributed by atoms with Crippen molar-refractivity contribution in [1.82, 2.24) is 29.7 Å². The van der Waals surface area contributed by atoms with Crippen LogP contribution in [0.1, 0.15) is 5.56 Å². The number of benzene rings is 1. The number of nitriles is 1. The average molecular weight is 384 g/mol. The van der Waals surface area contributed by atoms with Gasteiger partial charge in [-0.25, -0.2) is 19.6 Å². The average Bonchev–Trinajstić information content (AvgIpc) is 3.29. The summed E-state index contributed by atoms with van der Waals surface area (Å²) in [6.45, 7) is 1.11. The van der Waals surface area contributed by atoms with E-state index in [0.717, 1.165) is 17.0 Å². The monoisotopic (exact) mass is 384 g/mol. The number of aromatic nitrogens is 6. The summed E-state index contributed by atoms with van der Waals surface area (Å²) in [6.07, 6.45) is 7.97. The third-order valence-corrected chi connectivity index (χ3v) is 4.01. The molecule has 0 bridgehead atoms. The molecule has 29 heavy (non-hydrogen) atoms. The van der Waals surface area contributed by atoms with Crippen LogP contribution in [0, 0.1) is 11.3 Å². The maximum absolute atomic E-state index is 9.33. The Bertz CT molecular complexity index is 1110. The molecule has 0 fully saturated rings. The van der Waals surface area contributed by atoms with Crippen molar-refractivity contribution in [2.24, 2.45) is 0 Å². The summed E-state index contributed by atoms with van der Waals surface area (Å²) in [5.74, 6) is 1.13. The van der Waals surface area contributed by atoms with Gasteiger partial charge in [-0.05, 0) is 36.4 Å². The number of pyridine rings is 1. The zero-order chi connectivity index (χ0) is 19.9. The first kappa shape index (κ1) is 18.1. The van der Waals surface area contributed by atoms with E-state index < -0.39 is 0 Å². The lowest BCUT2D eigenvalue weighted by Crippen LogP contribution is -2.08. The third-order valence-electron chi connectivity index (χ3n) is 4.01. The van der Waals surface area contributed by atoms with E-state index in [9.17, 15) is 5.26 Å². The molecular formula is C20H16N8O. The lowest BCUT2D eigenvalue weighted by Gasteiger charge is -2.09. The Labute approximate surface area is 166 Å². The molecule has 9 heteroatoms. The van der Waals surface area contributed by atoms with Gasteiger partial charge < -0.3 is 10.1 Å². The van der Waals surface area contributed by atoms with Crippen LogP contribution < -0.4 is 10.1 Å². The Morgan fingerprint density at radius 1 is 1.10 bits per heavy atom. The van der Waals surface area contributed by atoms with Gasteiger partial charge in [0.1, 0.15) is 31.1 Å². The number of nitrogens with one attached hydrogen (secondary N) is 1. The van der Waals surface area contributed by atoms with Crippen molar-refractivity contribution in [3.8, 4) is 23.1 Å². The van der Waals surface area contributed by atoms with E-state index in [-0.39, 0.29) is 0 Å². The van der Waals surface area contributed by atoms with Crippen LogP contribution in [0.5, 0.6) is 5.75 Å². The van der Waals surface area contributed by atoms with Crippen molar-refractivity contribution in [2.45, 2.75) is 6.54 Å². The van der Waals surface area contributed by atoms with Crippen molar-refractivity contribution in [1.29, 1.82) is 5.26 Å². The van der Waals surface area contributed by atoms with E-state index >= 15 is 0 Å². The van der Waals surface area contributed by atoms with Gasteiger partial charge in [-0.1, -0.05) is 0 Å². The second-order valence-electron chi connectivity index (χ2n) is 5.97. The Kier molecular flexibility index (Phi) is 5.34. The lowest BCUT2D eigenvalue weighted by atomic mass is 10.1. The zero-order valence-electron chi connectivity index (χ0n) is 15.3. The molecule has 0 spiro atoms. The Morgan fingerprint density at radius 2 is 2.00 bits per heavy atom. The van der Waals surface area contributed by atoms with E-state index in [2.05, 4.69) is 36.4 Å². The quantitative estimate of drug-likeness (QED) is 0.517. The number of hydrogen-bond acceptors (Lipinski definition) is 8. The largest absolute Gasteiger partial charge is 0.492 e. The van der Waals surface area contributed by atoms with Crippen LogP contribution >= 0.6 is 0 Å². The number of anilines is 2. The highest BCUT2D eigenvalue weighted by Gasteiger charge is 2.10. The van der Waals surface area contributed by atoms with Gasteiger partial charge in [0.05, 0.1) is 24.0 Å². The molecule has 4 rings (SSSR count). The second-order valence-corrected chi connectivity index (χ2v) is 5.97. The molecule has 3 aromatic heterocycles. The van der Waals surface area contributed by atoms with Crippen molar-refractivity contribution in [3.05, 3.63) is 73.2 Å². The number of ether oxygens (including phenoxy) is 1. The minimum atomic E-state index is 0.389. The highest BCUT2D eigenvalue weighted by Crippen LogP contribution is 2.23. The van der Waals surface area contributed by atoms with Crippen LogP contribution in [0.3, 0.4) is 0 Å². The van der Waals surface area contributed by atoms with Gasteiger partial charge in [0.2, 0.25) is 5.95 Å². The van der Waals surface area contributed by atoms with Crippen molar-refractivity contribution < 1.29 is 4.74 Å². The predicted molar refractivity (Wildman–Crippen MR) is 105 cm³/mol. The summed E-state index contributed by atoms with van der Waals surface area (Å²) in [5, 5.41) is 16.5. The first-order valence-electron chi connectivity index (χ1n) is 8.81. The Hall–Kier alpha value is -4.32. The molecule has 0 aliphatic rings. The van der Waals surface area contributed by atoms with E-state index in [1.54, 1.807) is 29.5 Å². The van der Waals surface area contributed by atoms with Crippen molar-refractivity contribution in [3.63, 3.8) is 0 Å². The molecule has 1 N–H and O–H groups in total. The van der Waals surface area contributed by atoms with E-state index in [1.165, 1.54) is 12.5 Å². The SMILES string of the molecule is N#Cc1cnc(Nc2ccc(OCCn3cncn3)cc2)nc1-c1cccnc1. The van der Waals surface area contributed by atoms with Crippen LogP contribution in [-0.2, 0) is 6.54 Å². The second kappa shape index (κ2) is 8.58. The van der Waals surface area contributed by atoms with Crippen molar-refractivity contribution in [2.75, 3.05) is 11.9 Å². The normalized spacial score (nSPS) is 10.3. The smallest absolute Gasteiger partial charge is 0.227 e. The molecule has 3 heterocycles. The molecule has 0 saturated carbocycles. The molecule has 4 aromatic rings. The number of hydrogen-bond donors (Lipinski definition) is 1. The van der Waals surface area contributed by atoms with Gasteiger partial charge in [-0.15, -0.1) is 0 Å². The summed E-state index contributed by atoms with van der Waals surface area (Å²) in [6, 6.07) is 13.2. The Balaban J connectivity index is 1.43. The van der Waals surface area contributed by atoms with Gasteiger partial charge in [0.15, 0.2) is 0 Å². The molecule has 0 saturated heterocycles. The van der Waals surface area contributed by atoms with Gasteiger partial charge in [-0.2, -0.15) is 10.4 Å². The zero-order valence-corrected chi connectivity index (χ0v) is 15.3. The molecule has 0 aliphatic carbocycles. The summed E-state index contributed by atoms with van der Waals surface area (Å²) >= 11 is 0. The summed E-state index contributed by atoms with van der Waals surface area (Å²) < 4.78 is 7.41. The highest BCUT2D eigenvalue weighted by molar-refractivity contribution is 5.67. The predicted octanol–water partition coefficient (Wildman–Crippen LogP) is 2.82. The molecule has 1 aromatic carbocycles. The lowest BCUT2D eigenvalue weighted by molar-refractivity contribution is 0.291. The molecular weight excluding hydrogens is 368 g/mol. The minimum absolute atomic E-state index is 0.389. The molecule has 9 nitrogen and oxygen atoms in total. The van der Waals surface area contributed by atoms with Gasteiger partial charge in [0.25, 0.3) is 0 Å². The van der Waals surface area contributed by atoms with Crippen molar-refractivity contribution >= 4 is 11.6 Å². The maximum atomic E-state index is 9.33. The van der Waals surface area contributed by atoms with E-state index in [1.807, 2.05) is 30.3 Å². The molecule has 0 unspecified atom stereocenters. The standard InChI is InChI=1S/C20H16N8O/c21-10-16-12-24-20(27-19(16)15-2-1-7-22-11-15)26-17-3-5-18(6-4-17)29-9-8-28-14-23-13-25-28/h1-7,11-14H,8-9H2,(H,24,26,27). The molecule has 0 radical (unpaired) electrons. The number of rotatable bonds is 7. The van der Waals surface area contributed by atoms with Crippen LogP contribution in [0.25, 0.3) is 11.3 Å². The summed E-state index contributed by atoms with van der Waals surface area (Å²) in [5.41, 5.74) is 2.48. The summed E-state index contributed by atoms with van der Waals surface area (Å²) in [4.78, 5) is 16.7. The first-order chi connectivity index (χ1) is 14.3. The van der Waals surface area contributed by atoms with Crippen LogP contribution in [0.15, 0.2) is 67.6 Å². The van der Waals surface area contributed by atoms with Gasteiger partial charge in [-0.3, -0.25) is 4.98 Å². The number of nitrogens with zero attached hydrogens (tertiary/aromatic N) is 7. The first-order valence-corrected chi connectivity index (χ1v) is 8.81. The molecule has 0 atom stereocenters. The highest BCUT2D eigenvalue weighted by atomic mass is 16.5. The molecule has 142 valence electrons. The van der Waals surface area contributed by atoms with Crippen LogP contribution in [0.2, 0.25) is 0 Å². The van der Waals surface area contributed by atoms with Crippen LogP contribution in [0.4, 0.5) is 11.6 Å². The van der Waals surface area contributed by atoms with Gasteiger partial charge >= 0.3 is 0 Å². The fourth-order valence-electron chi connectivity index (χ4n) is 2.62.